The molecular formula is C36H57NO5. The molecule has 236 valence electrons. The van der Waals surface area contributed by atoms with Gasteiger partial charge in [0.05, 0.1) is 18.3 Å². The molecule has 0 aliphatic heterocycles. The summed E-state index contributed by atoms with van der Waals surface area (Å²) in [6, 6.07) is 0. The standard InChI is InChI=1S/C36H57NO5/c1-26(2)13-18-34(16-6-7-17-34)28(4)10-8-11-29(25-40)31-15-20-36(33(31)41)32(12-9-23-38)30(27(3)24-39)14-19-35(36,42)21-22-37-5/h8,10-11,13,24,31-33,37-38,40-42H,4,6-7,9,12,14-23,25H2,1-3,5H3. The van der Waals surface area contributed by atoms with Crippen molar-refractivity contribution in [1.29, 1.82) is 0 Å². The second-order valence-electron chi connectivity index (χ2n) is 13.5. The zero-order chi connectivity index (χ0) is 31.0. The lowest BCUT2D eigenvalue weighted by molar-refractivity contribution is -0.180. The number of nitrogens with one attached hydrogen (secondary N) is 1. The Labute approximate surface area is 254 Å². The van der Waals surface area contributed by atoms with Crippen LogP contribution >= 0.6 is 0 Å². The van der Waals surface area contributed by atoms with Crippen molar-refractivity contribution in [2.24, 2.45) is 22.7 Å². The van der Waals surface area contributed by atoms with E-state index in [0.29, 0.717) is 57.1 Å². The molecule has 0 amide bonds. The van der Waals surface area contributed by atoms with Gasteiger partial charge in [0.25, 0.3) is 0 Å². The number of aldehydes is 1. The van der Waals surface area contributed by atoms with Crippen LogP contribution in [-0.2, 0) is 4.79 Å². The maximum Gasteiger partial charge on any atom is 0.145 e. The van der Waals surface area contributed by atoms with Crippen molar-refractivity contribution in [2.45, 2.75) is 110 Å². The first-order chi connectivity index (χ1) is 20.1. The molecule has 0 aromatic carbocycles. The average molecular weight is 584 g/mol. The van der Waals surface area contributed by atoms with E-state index in [1.54, 1.807) is 0 Å². The fraction of sp³-hybridized carbons (Fsp3) is 0.694. The number of allylic oxidation sites excluding steroid dienone is 8. The second kappa shape index (κ2) is 15.3. The monoisotopic (exact) mass is 583 g/mol. The van der Waals surface area contributed by atoms with Gasteiger partial charge in [-0.1, -0.05) is 54.9 Å². The summed E-state index contributed by atoms with van der Waals surface area (Å²) >= 11 is 0. The third-order valence-corrected chi connectivity index (χ3v) is 11.0. The summed E-state index contributed by atoms with van der Waals surface area (Å²) < 4.78 is 0. The van der Waals surface area contributed by atoms with Crippen molar-refractivity contribution in [1.82, 2.24) is 5.32 Å². The van der Waals surface area contributed by atoms with Crippen LogP contribution in [0.5, 0.6) is 0 Å². The molecule has 0 bridgehead atoms. The van der Waals surface area contributed by atoms with Crippen molar-refractivity contribution in [3.05, 3.63) is 58.7 Å². The summed E-state index contributed by atoms with van der Waals surface area (Å²) in [6.07, 6.45) is 17.9. The van der Waals surface area contributed by atoms with Crippen LogP contribution in [0.4, 0.5) is 0 Å². The molecule has 6 nitrogen and oxygen atoms in total. The van der Waals surface area contributed by atoms with E-state index in [1.165, 1.54) is 18.4 Å². The first kappa shape index (κ1) is 34.7. The Balaban J connectivity index is 1.97. The van der Waals surface area contributed by atoms with Gasteiger partial charge in [0.1, 0.15) is 6.29 Å². The highest BCUT2D eigenvalue weighted by Crippen LogP contribution is 2.64. The van der Waals surface area contributed by atoms with E-state index in [9.17, 15) is 25.2 Å². The number of rotatable bonds is 14. The fourth-order valence-corrected chi connectivity index (χ4v) is 8.55. The van der Waals surface area contributed by atoms with Gasteiger partial charge in [-0.2, -0.15) is 0 Å². The Morgan fingerprint density at radius 1 is 1.12 bits per heavy atom. The Morgan fingerprint density at radius 3 is 2.43 bits per heavy atom. The van der Waals surface area contributed by atoms with Gasteiger partial charge in [0.2, 0.25) is 0 Å². The molecule has 3 aliphatic rings. The Bertz CT molecular complexity index is 1060. The maximum absolute atomic E-state index is 12.3. The minimum Gasteiger partial charge on any atom is -0.396 e. The molecule has 0 heterocycles. The molecule has 5 unspecified atom stereocenters. The van der Waals surface area contributed by atoms with E-state index >= 15 is 0 Å². The molecule has 3 aliphatic carbocycles. The Morgan fingerprint density at radius 2 is 1.83 bits per heavy atom. The van der Waals surface area contributed by atoms with Crippen molar-refractivity contribution >= 4 is 6.29 Å². The highest BCUT2D eigenvalue weighted by Gasteiger charge is 2.65. The van der Waals surface area contributed by atoms with Gasteiger partial charge >= 0.3 is 0 Å². The van der Waals surface area contributed by atoms with Gasteiger partial charge in [-0.3, -0.25) is 4.79 Å². The fourth-order valence-electron chi connectivity index (χ4n) is 8.55. The highest BCUT2D eigenvalue weighted by atomic mass is 16.3. The first-order valence-corrected chi connectivity index (χ1v) is 16.2. The predicted molar refractivity (Wildman–Crippen MR) is 171 cm³/mol. The number of hydrogen-bond acceptors (Lipinski definition) is 6. The SMILES string of the molecule is C=C(C=CC=C(CO)C1CCC2(C(CCCO)C(=C(C)C=O)CCC2(O)CCNC)C1O)C1(CC=C(C)C)CCCC1. The largest absolute Gasteiger partial charge is 0.396 e. The van der Waals surface area contributed by atoms with Crippen LogP contribution in [-0.4, -0.2) is 65.2 Å². The molecule has 42 heavy (non-hydrogen) atoms. The van der Waals surface area contributed by atoms with Gasteiger partial charge in [-0.25, -0.2) is 0 Å². The van der Waals surface area contributed by atoms with E-state index < -0.39 is 17.1 Å². The third-order valence-electron chi connectivity index (χ3n) is 11.0. The van der Waals surface area contributed by atoms with Crippen molar-refractivity contribution in [3.8, 4) is 0 Å². The van der Waals surface area contributed by atoms with Crippen LogP contribution < -0.4 is 5.32 Å². The van der Waals surface area contributed by atoms with Gasteiger partial charge < -0.3 is 25.7 Å². The summed E-state index contributed by atoms with van der Waals surface area (Å²) in [5.41, 5.74) is 2.93. The summed E-state index contributed by atoms with van der Waals surface area (Å²) in [5.74, 6) is -0.536. The van der Waals surface area contributed by atoms with Crippen LogP contribution in [0.25, 0.3) is 0 Å². The van der Waals surface area contributed by atoms with Crippen LogP contribution in [0.1, 0.15) is 97.8 Å². The lowest BCUT2D eigenvalue weighted by Gasteiger charge is -2.57. The van der Waals surface area contributed by atoms with Crippen molar-refractivity contribution < 1.29 is 25.2 Å². The van der Waals surface area contributed by atoms with E-state index in [-0.39, 0.29) is 30.5 Å². The molecule has 0 radical (unpaired) electrons. The summed E-state index contributed by atoms with van der Waals surface area (Å²) in [4.78, 5) is 11.9. The van der Waals surface area contributed by atoms with Crippen LogP contribution in [0.3, 0.4) is 0 Å². The average Bonchev–Trinajstić information content (AvgIpc) is 3.60. The lowest BCUT2D eigenvalue weighted by Crippen LogP contribution is -2.61. The molecule has 3 saturated carbocycles. The molecule has 0 saturated heterocycles. The van der Waals surface area contributed by atoms with E-state index in [1.807, 2.05) is 26.1 Å². The third kappa shape index (κ3) is 6.94. The van der Waals surface area contributed by atoms with Gasteiger partial charge in [-0.05, 0) is 127 Å². The molecule has 0 aromatic rings. The molecule has 3 fully saturated rings. The lowest BCUT2D eigenvalue weighted by atomic mass is 9.51. The molecule has 6 heteroatoms. The van der Waals surface area contributed by atoms with E-state index in [2.05, 4.69) is 37.9 Å². The molecule has 3 rings (SSSR count). The van der Waals surface area contributed by atoms with Gasteiger partial charge in [0, 0.05) is 17.9 Å². The first-order valence-electron chi connectivity index (χ1n) is 16.2. The van der Waals surface area contributed by atoms with Crippen LogP contribution in [0.15, 0.2) is 58.7 Å². The molecule has 5 N–H and O–H groups in total. The van der Waals surface area contributed by atoms with E-state index in [0.717, 1.165) is 42.3 Å². The van der Waals surface area contributed by atoms with Crippen LogP contribution in [0, 0.1) is 22.7 Å². The molecule has 0 aromatic heterocycles. The van der Waals surface area contributed by atoms with Gasteiger partial charge in [0.15, 0.2) is 0 Å². The zero-order valence-corrected chi connectivity index (χ0v) is 26.6. The minimum absolute atomic E-state index is 0.0139. The number of carbonyl (C=O) groups is 1. The van der Waals surface area contributed by atoms with E-state index in [4.69, 9.17) is 0 Å². The number of carbonyl (C=O) groups excluding carboxylic acids is 1. The quantitative estimate of drug-likeness (QED) is 0.0773. The summed E-state index contributed by atoms with van der Waals surface area (Å²) in [5, 5.41) is 48.0. The number of aliphatic hydroxyl groups is 4. The normalized spacial score (nSPS) is 32.5. The number of aliphatic hydroxyl groups excluding tert-OH is 3. The molecular weight excluding hydrogens is 526 g/mol. The predicted octanol–water partition coefficient (Wildman–Crippen LogP) is 5.73. The van der Waals surface area contributed by atoms with Crippen LogP contribution in [0.2, 0.25) is 0 Å². The zero-order valence-electron chi connectivity index (χ0n) is 26.6. The Kier molecular flexibility index (Phi) is 12.6. The van der Waals surface area contributed by atoms with Crippen molar-refractivity contribution in [2.75, 3.05) is 26.8 Å². The van der Waals surface area contributed by atoms with Gasteiger partial charge in [-0.15, -0.1) is 0 Å². The maximum atomic E-state index is 12.3. The highest BCUT2D eigenvalue weighted by molar-refractivity contribution is 5.74. The summed E-state index contributed by atoms with van der Waals surface area (Å²) in [7, 11) is 1.86. The topological polar surface area (TPSA) is 110 Å². The smallest absolute Gasteiger partial charge is 0.145 e. The Hall–Kier alpha value is -1.83. The molecule has 1 spiro atoms. The summed E-state index contributed by atoms with van der Waals surface area (Å²) in [6.45, 7) is 11.0. The van der Waals surface area contributed by atoms with Crippen molar-refractivity contribution in [3.63, 3.8) is 0 Å². The number of hydrogen-bond donors (Lipinski definition) is 5. The minimum atomic E-state index is -1.14. The molecule has 5 atom stereocenters. The second-order valence-corrected chi connectivity index (χ2v) is 13.5.